The molecule has 5 rings (SSSR count). The fraction of sp³-hybridized carbons (Fsp3) is 0.207. The number of oxazole rings is 1. The van der Waals surface area contributed by atoms with E-state index in [1.54, 1.807) is 7.11 Å². The minimum Gasteiger partial charge on any atom is -0.497 e. The molecule has 0 saturated heterocycles. The van der Waals surface area contributed by atoms with Crippen LogP contribution in [-0.2, 0) is 6.42 Å². The minimum absolute atomic E-state index is 0.242. The first-order chi connectivity index (χ1) is 15.8. The normalized spacial score (nSPS) is 17.9. The quantitative estimate of drug-likeness (QED) is 0.306. The van der Waals surface area contributed by atoms with Crippen LogP contribution in [0.4, 0.5) is 0 Å². The summed E-state index contributed by atoms with van der Waals surface area (Å²) in [6.45, 7) is 0. The van der Waals surface area contributed by atoms with Gasteiger partial charge >= 0.3 is 0 Å². The van der Waals surface area contributed by atoms with Gasteiger partial charge in [-0.3, -0.25) is 0 Å². The number of rotatable bonds is 6. The molecule has 0 N–H and O–H groups in total. The van der Waals surface area contributed by atoms with Gasteiger partial charge in [0.1, 0.15) is 11.4 Å². The van der Waals surface area contributed by atoms with Gasteiger partial charge in [0.05, 0.1) is 7.11 Å². The average Bonchev–Trinajstić information content (AvgIpc) is 3.31. The van der Waals surface area contributed by atoms with Crippen molar-refractivity contribution < 1.29 is 9.15 Å². The van der Waals surface area contributed by atoms with Gasteiger partial charge in [-0.15, -0.1) is 0 Å². The summed E-state index contributed by atoms with van der Waals surface area (Å²) in [6, 6.07) is 29.0. The zero-order chi connectivity index (χ0) is 21.8. The minimum atomic E-state index is 0.242. The van der Waals surface area contributed by atoms with E-state index >= 15 is 0 Å². The molecule has 2 atom stereocenters. The van der Waals surface area contributed by atoms with E-state index in [-0.39, 0.29) is 5.92 Å². The second kappa shape index (κ2) is 9.27. The van der Waals surface area contributed by atoms with Gasteiger partial charge in [0.2, 0.25) is 0 Å². The Balaban J connectivity index is 1.52. The molecule has 0 spiro atoms. The summed E-state index contributed by atoms with van der Waals surface area (Å²) in [6.07, 6.45) is 7.64. The highest BCUT2D eigenvalue weighted by molar-refractivity contribution is 5.76. The van der Waals surface area contributed by atoms with Crippen LogP contribution in [0.15, 0.2) is 101 Å². The van der Waals surface area contributed by atoms with Crippen LogP contribution in [0.5, 0.6) is 5.75 Å². The van der Waals surface area contributed by atoms with Crippen molar-refractivity contribution in [2.24, 2.45) is 5.92 Å². The van der Waals surface area contributed by atoms with Crippen molar-refractivity contribution in [1.82, 2.24) is 4.98 Å². The smallest absolute Gasteiger partial charge is 0.199 e. The molecule has 0 amide bonds. The van der Waals surface area contributed by atoms with Gasteiger partial charge in [0, 0.05) is 17.0 Å². The molecule has 1 aliphatic carbocycles. The third-order valence-corrected chi connectivity index (χ3v) is 6.19. The largest absolute Gasteiger partial charge is 0.497 e. The highest BCUT2D eigenvalue weighted by Crippen LogP contribution is 2.41. The van der Waals surface area contributed by atoms with E-state index in [2.05, 4.69) is 54.6 Å². The summed E-state index contributed by atoms with van der Waals surface area (Å²) >= 11 is 0. The van der Waals surface area contributed by atoms with Gasteiger partial charge in [-0.2, -0.15) is 0 Å². The average molecular weight is 422 g/mol. The molecule has 1 unspecified atom stereocenters. The first kappa shape index (κ1) is 20.3. The van der Waals surface area contributed by atoms with Gasteiger partial charge in [0.15, 0.2) is 11.7 Å². The topological polar surface area (TPSA) is 35.3 Å². The number of ether oxygens (including phenoxy) is 1. The molecule has 1 aliphatic rings. The molecule has 0 fully saturated rings. The molecule has 160 valence electrons. The predicted octanol–water partition coefficient (Wildman–Crippen LogP) is 7.31. The molecule has 3 aromatic carbocycles. The van der Waals surface area contributed by atoms with Gasteiger partial charge in [-0.25, -0.2) is 4.98 Å². The Morgan fingerprint density at radius 3 is 2.41 bits per heavy atom. The number of hydrogen-bond acceptors (Lipinski definition) is 3. The lowest BCUT2D eigenvalue weighted by molar-refractivity contribution is 0.364. The van der Waals surface area contributed by atoms with Crippen LogP contribution in [0.25, 0.3) is 22.6 Å². The van der Waals surface area contributed by atoms with E-state index in [4.69, 9.17) is 14.1 Å². The summed E-state index contributed by atoms with van der Waals surface area (Å²) in [4.78, 5) is 5.08. The lowest BCUT2D eigenvalue weighted by Crippen LogP contribution is -2.17. The standard InChI is InChI=1S/C29H27NO2/c1-31-25-17-10-11-21(20-25)19-24-16-8-9-18-26(24)29-30-27(22-12-4-2-5-13-22)28(32-29)23-14-6-3-7-15-23/h2-8,10-17,20,24,26H,9,18-19H2,1H3/t24-,26?/m1/s1. The molecule has 0 radical (unpaired) electrons. The molecule has 1 aromatic heterocycles. The number of methoxy groups -OCH3 is 1. The maximum Gasteiger partial charge on any atom is 0.199 e. The van der Waals surface area contributed by atoms with Crippen LogP contribution in [0.3, 0.4) is 0 Å². The Kier molecular flexibility index (Phi) is 5.89. The summed E-state index contributed by atoms with van der Waals surface area (Å²) in [5, 5.41) is 0. The van der Waals surface area contributed by atoms with Crippen LogP contribution >= 0.6 is 0 Å². The van der Waals surface area contributed by atoms with Gasteiger partial charge in [-0.05, 0) is 42.9 Å². The van der Waals surface area contributed by atoms with Crippen LogP contribution in [0, 0.1) is 5.92 Å². The SMILES string of the molecule is COc1cccc(C[C@H]2C=CCCC2c2nc(-c3ccccc3)c(-c3ccccc3)o2)c1. The zero-order valence-electron chi connectivity index (χ0n) is 18.3. The summed E-state index contributed by atoms with van der Waals surface area (Å²) < 4.78 is 12.0. The molecule has 0 aliphatic heterocycles. The monoisotopic (exact) mass is 421 g/mol. The third kappa shape index (κ3) is 4.24. The van der Waals surface area contributed by atoms with Crippen LogP contribution < -0.4 is 4.74 Å². The zero-order valence-corrected chi connectivity index (χ0v) is 18.3. The molecular formula is C29H27NO2. The number of allylic oxidation sites excluding steroid dienone is 2. The molecule has 4 aromatic rings. The van der Waals surface area contributed by atoms with Crippen molar-refractivity contribution in [1.29, 1.82) is 0 Å². The molecule has 0 bridgehead atoms. The summed E-state index contributed by atoms with van der Waals surface area (Å²) in [5.74, 6) is 3.15. The second-order valence-electron chi connectivity index (χ2n) is 8.29. The fourth-order valence-electron chi connectivity index (χ4n) is 4.56. The number of nitrogens with zero attached hydrogens (tertiary/aromatic N) is 1. The lowest BCUT2D eigenvalue weighted by atomic mass is 9.80. The number of hydrogen-bond donors (Lipinski definition) is 0. The highest BCUT2D eigenvalue weighted by atomic mass is 16.5. The molecule has 32 heavy (non-hydrogen) atoms. The first-order valence-corrected chi connectivity index (χ1v) is 11.2. The van der Waals surface area contributed by atoms with Crippen molar-refractivity contribution in [2.75, 3.05) is 7.11 Å². The van der Waals surface area contributed by atoms with Crippen LogP contribution in [-0.4, -0.2) is 12.1 Å². The molecule has 0 saturated carbocycles. The van der Waals surface area contributed by atoms with Crippen LogP contribution in [0.2, 0.25) is 0 Å². The molecule has 3 nitrogen and oxygen atoms in total. The van der Waals surface area contributed by atoms with E-state index in [1.807, 2.05) is 42.5 Å². The van der Waals surface area contributed by atoms with E-state index < -0.39 is 0 Å². The van der Waals surface area contributed by atoms with Crippen molar-refractivity contribution in [2.45, 2.75) is 25.2 Å². The van der Waals surface area contributed by atoms with E-state index in [0.29, 0.717) is 5.92 Å². The Labute approximate surface area is 189 Å². The summed E-state index contributed by atoms with van der Waals surface area (Å²) in [7, 11) is 1.71. The Morgan fingerprint density at radius 1 is 0.906 bits per heavy atom. The third-order valence-electron chi connectivity index (χ3n) is 6.19. The van der Waals surface area contributed by atoms with Gasteiger partial charge in [-0.1, -0.05) is 84.9 Å². The van der Waals surface area contributed by atoms with Gasteiger partial charge < -0.3 is 9.15 Å². The first-order valence-electron chi connectivity index (χ1n) is 11.2. The number of benzene rings is 3. The lowest BCUT2D eigenvalue weighted by Gasteiger charge is -2.25. The fourth-order valence-corrected chi connectivity index (χ4v) is 4.56. The van der Waals surface area contributed by atoms with Crippen molar-refractivity contribution >= 4 is 0 Å². The molecule has 1 heterocycles. The van der Waals surface area contributed by atoms with E-state index in [0.717, 1.165) is 53.5 Å². The van der Waals surface area contributed by atoms with Crippen molar-refractivity contribution in [3.05, 3.63) is 109 Å². The Morgan fingerprint density at radius 2 is 1.66 bits per heavy atom. The summed E-state index contributed by atoms with van der Waals surface area (Å²) in [5.41, 5.74) is 4.32. The Hall–Kier alpha value is -3.59. The van der Waals surface area contributed by atoms with E-state index in [9.17, 15) is 0 Å². The highest BCUT2D eigenvalue weighted by Gasteiger charge is 2.30. The van der Waals surface area contributed by atoms with Gasteiger partial charge in [0.25, 0.3) is 0 Å². The van der Waals surface area contributed by atoms with E-state index in [1.165, 1.54) is 5.56 Å². The van der Waals surface area contributed by atoms with Crippen molar-refractivity contribution in [3.8, 4) is 28.3 Å². The van der Waals surface area contributed by atoms with Crippen LogP contribution in [0.1, 0.15) is 30.2 Å². The predicted molar refractivity (Wildman–Crippen MR) is 129 cm³/mol. The maximum absolute atomic E-state index is 6.54. The maximum atomic E-state index is 6.54. The number of aromatic nitrogens is 1. The molecular weight excluding hydrogens is 394 g/mol. The second-order valence-corrected chi connectivity index (χ2v) is 8.29. The van der Waals surface area contributed by atoms with Crippen molar-refractivity contribution in [3.63, 3.8) is 0 Å². The molecule has 3 heteroatoms. The Bertz CT molecular complexity index is 1140.